The third kappa shape index (κ3) is 4.88. The summed E-state index contributed by atoms with van der Waals surface area (Å²) in [5.41, 5.74) is 1.20. The number of furan rings is 1. The molecule has 0 saturated carbocycles. The molecule has 1 saturated heterocycles. The highest BCUT2D eigenvalue weighted by Crippen LogP contribution is 2.34. The second kappa shape index (κ2) is 10.2. The number of hydrogen-bond acceptors (Lipinski definition) is 7. The number of halogens is 1. The smallest absolute Gasteiger partial charge is 0.293 e. The number of rotatable bonds is 8. The molecule has 0 unspecified atom stereocenters. The van der Waals surface area contributed by atoms with Crippen molar-refractivity contribution in [1.82, 2.24) is 10.2 Å². The van der Waals surface area contributed by atoms with Crippen molar-refractivity contribution in [1.29, 1.82) is 0 Å². The van der Waals surface area contributed by atoms with Crippen LogP contribution in [0.15, 0.2) is 45.7 Å². The molecule has 2 heterocycles. The quantitative estimate of drug-likeness (QED) is 0.448. The minimum atomic E-state index is -0.556. The van der Waals surface area contributed by atoms with Crippen molar-refractivity contribution in [2.75, 3.05) is 26.8 Å². The second-order valence-corrected chi connectivity index (χ2v) is 8.60. The SMILES string of the molecule is CCOc1ccc(/C=C2\SC(=O)N(CCNC(=O)c3oc4c(F)cccc4c3C)C2=O)cc1OC. The summed E-state index contributed by atoms with van der Waals surface area (Å²) in [6.07, 6.45) is 1.61. The summed E-state index contributed by atoms with van der Waals surface area (Å²) in [7, 11) is 1.52. The predicted molar refractivity (Wildman–Crippen MR) is 130 cm³/mol. The first kappa shape index (κ1) is 24.3. The molecule has 0 bridgehead atoms. The number of fused-ring (bicyclic) bond motifs is 1. The molecule has 182 valence electrons. The third-order valence-corrected chi connectivity index (χ3v) is 6.31. The molecular formula is C25H23FN2O6S. The molecule has 0 atom stereocenters. The zero-order valence-electron chi connectivity index (χ0n) is 19.3. The lowest BCUT2D eigenvalue weighted by Gasteiger charge is -2.12. The van der Waals surface area contributed by atoms with Gasteiger partial charge in [0, 0.05) is 24.0 Å². The molecule has 1 N–H and O–H groups in total. The van der Waals surface area contributed by atoms with Crippen molar-refractivity contribution in [2.24, 2.45) is 0 Å². The number of methoxy groups -OCH3 is 1. The van der Waals surface area contributed by atoms with Crippen LogP contribution in [0.2, 0.25) is 0 Å². The number of carbonyl (C=O) groups excluding carboxylic acids is 3. The van der Waals surface area contributed by atoms with Gasteiger partial charge in [0.05, 0.1) is 18.6 Å². The summed E-state index contributed by atoms with van der Waals surface area (Å²) < 4.78 is 30.2. The normalized spacial score (nSPS) is 14.7. The lowest BCUT2D eigenvalue weighted by Crippen LogP contribution is -2.37. The molecule has 10 heteroatoms. The lowest BCUT2D eigenvalue weighted by atomic mass is 10.1. The maximum Gasteiger partial charge on any atom is 0.293 e. The average Bonchev–Trinajstić information content (AvgIpc) is 3.32. The van der Waals surface area contributed by atoms with E-state index in [9.17, 15) is 18.8 Å². The van der Waals surface area contributed by atoms with Crippen LogP contribution in [0.1, 0.15) is 28.6 Å². The molecule has 1 aromatic heterocycles. The number of benzene rings is 2. The molecule has 8 nitrogen and oxygen atoms in total. The molecule has 35 heavy (non-hydrogen) atoms. The Morgan fingerprint density at radius 3 is 2.74 bits per heavy atom. The summed E-state index contributed by atoms with van der Waals surface area (Å²) in [4.78, 5) is 39.1. The first-order chi connectivity index (χ1) is 16.8. The number of para-hydroxylation sites is 1. The number of nitrogens with zero attached hydrogens (tertiary/aromatic N) is 1. The lowest BCUT2D eigenvalue weighted by molar-refractivity contribution is -0.122. The van der Waals surface area contributed by atoms with Crippen LogP contribution in [0.3, 0.4) is 0 Å². The van der Waals surface area contributed by atoms with Crippen molar-refractivity contribution in [3.8, 4) is 11.5 Å². The van der Waals surface area contributed by atoms with Crippen LogP contribution in [-0.4, -0.2) is 48.8 Å². The summed E-state index contributed by atoms with van der Waals surface area (Å²) >= 11 is 0.820. The Labute approximate surface area is 205 Å². The van der Waals surface area contributed by atoms with Gasteiger partial charge in [-0.15, -0.1) is 0 Å². The predicted octanol–water partition coefficient (Wildman–Crippen LogP) is 4.75. The van der Waals surface area contributed by atoms with Crippen LogP contribution in [0.5, 0.6) is 11.5 Å². The average molecular weight is 499 g/mol. The first-order valence-corrected chi connectivity index (χ1v) is 11.7. The highest BCUT2D eigenvalue weighted by Gasteiger charge is 2.35. The van der Waals surface area contributed by atoms with E-state index in [2.05, 4.69) is 5.32 Å². The molecule has 0 spiro atoms. The number of ether oxygens (including phenoxy) is 2. The van der Waals surface area contributed by atoms with Crippen molar-refractivity contribution in [3.05, 3.63) is 64.0 Å². The Morgan fingerprint density at radius 2 is 2.03 bits per heavy atom. The van der Waals surface area contributed by atoms with Gasteiger partial charge in [-0.1, -0.05) is 18.2 Å². The van der Waals surface area contributed by atoms with E-state index in [4.69, 9.17) is 13.9 Å². The number of thioether (sulfide) groups is 1. The maximum atomic E-state index is 13.9. The van der Waals surface area contributed by atoms with Crippen molar-refractivity contribution < 1.29 is 32.7 Å². The summed E-state index contributed by atoms with van der Waals surface area (Å²) in [6, 6.07) is 9.68. The monoisotopic (exact) mass is 498 g/mol. The van der Waals surface area contributed by atoms with E-state index in [1.165, 1.54) is 13.2 Å². The zero-order chi connectivity index (χ0) is 25.1. The highest BCUT2D eigenvalue weighted by molar-refractivity contribution is 8.18. The molecule has 0 radical (unpaired) electrons. The molecule has 0 aliphatic carbocycles. The number of amides is 3. The fourth-order valence-electron chi connectivity index (χ4n) is 3.68. The Morgan fingerprint density at radius 1 is 1.23 bits per heavy atom. The van der Waals surface area contributed by atoms with Crippen LogP contribution in [0.4, 0.5) is 9.18 Å². The summed E-state index contributed by atoms with van der Waals surface area (Å²) in [6.45, 7) is 4.01. The molecule has 1 aliphatic heterocycles. The van der Waals surface area contributed by atoms with E-state index in [1.807, 2.05) is 6.92 Å². The first-order valence-electron chi connectivity index (χ1n) is 10.9. The van der Waals surface area contributed by atoms with E-state index < -0.39 is 22.9 Å². The number of nitrogens with one attached hydrogen (secondary N) is 1. The molecule has 1 aliphatic rings. The standard InChI is InChI=1S/C25H23FN2O6S/c1-4-33-18-9-8-15(12-19(18)32-3)13-20-24(30)28(25(31)35-20)11-10-27-23(29)21-14(2)16-6-5-7-17(26)22(16)34-21/h5-9,12-13H,4,10-11H2,1-3H3,(H,27,29)/b20-13-. The van der Waals surface area contributed by atoms with E-state index in [-0.39, 0.29) is 29.3 Å². The zero-order valence-corrected chi connectivity index (χ0v) is 20.2. The second-order valence-electron chi connectivity index (χ2n) is 7.61. The van der Waals surface area contributed by atoms with Gasteiger partial charge in [-0.2, -0.15) is 0 Å². The van der Waals surface area contributed by atoms with Crippen molar-refractivity contribution >= 4 is 45.9 Å². The minimum Gasteiger partial charge on any atom is -0.493 e. The topological polar surface area (TPSA) is 98.1 Å². The number of hydrogen-bond donors (Lipinski definition) is 1. The maximum absolute atomic E-state index is 13.9. The van der Waals surface area contributed by atoms with Gasteiger partial charge < -0.3 is 19.2 Å². The fraction of sp³-hybridized carbons (Fsp3) is 0.240. The van der Waals surface area contributed by atoms with Gasteiger partial charge in [0.1, 0.15) is 0 Å². The van der Waals surface area contributed by atoms with Crippen LogP contribution in [0.25, 0.3) is 17.0 Å². The van der Waals surface area contributed by atoms with Gasteiger partial charge in [-0.3, -0.25) is 19.3 Å². The molecular weight excluding hydrogens is 475 g/mol. The Bertz CT molecular complexity index is 1350. The van der Waals surface area contributed by atoms with E-state index in [0.29, 0.717) is 34.6 Å². The Hall–Kier alpha value is -3.79. The van der Waals surface area contributed by atoms with Crippen molar-refractivity contribution in [3.63, 3.8) is 0 Å². The number of aryl methyl sites for hydroxylation is 1. The Kier molecular flexibility index (Phi) is 7.11. The van der Waals surface area contributed by atoms with Gasteiger partial charge in [0.15, 0.2) is 28.7 Å². The van der Waals surface area contributed by atoms with Gasteiger partial charge in [-0.25, -0.2) is 4.39 Å². The third-order valence-electron chi connectivity index (χ3n) is 5.40. The Balaban J connectivity index is 1.41. The van der Waals surface area contributed by atoms with Gasteiger partial charge in [-0.05, 0) is 55.4 Å². The van der Waals surface area contributed by atoms with Gasteiger partial charge in [0.25, 0.3) is 17.1 Å². The van der Waals surface area contributed by atoms with Crippen LogP contribution in [-0.2, 0) is 4.79 Å². The van der Waals surface area contributed by atoms with Crippen LogP contribution in [0, 0.1) is 12.7 Å². The van der Waals surface area contributed by atoms with Gasteiger partial charge in [0.2, 0.25) is 0 Å². The largest absolute Gasteiger partial charge is 0.493 e. The molecule has 4 rings (SSSR count). The molecule has 3 amide bonds. The fourth-order valence-corrected chi connectivity index (χ4v) is 4.54. The van der Waals surface area contributed by atoms with Crippen molar-refractivity contribution in [2.45, 2.75) is 13.8 Å². The summed E-state index contributed by atoms with van der Waals surface area (Å²) in [5, 5.41) is 2.70. The van der Waals surface area contributed by atoms with E-state index in [0.717, 1.165) is 16.7 Å². The van der Waals surface area contributed by atoms with Crippen LogP contribution >= 0.6 is 11.8 Å². The highest BCUT2D eigenvalue weighted by atomic mass is 32.2. The van der Waals surface area contributed by atoms with E-state index >= 15 is 0 Å². The molecule has 2 aromatic carbocycles. The van der Waals surface area contributed by atoms with Crippen LogP contribution < -0.4 is 14.8 Å². The minimum absolute atomic E-state index is 0.0106. The summed E-state index contributed by atoms with van der Waals surface area (Å²) in [5.74, 6) is -0.476. The number of carbonyl (C=O) groups is 3. The van der Waals surface area contributed by atoms with E-state index in [1.54, 1.807) is 43.3 Å². The molecule has 1 fully saturated rings. The molecule has 3 aromatic rings. The van der Waals surface area contributed by atoms with Gasteiger partial charge >= 0.3 is 0 Å². The number of imide groups is 1.